The summed E-state index contributed by atoms with van der Waals surface area (Å²) >= 11 is 1.44. The van der Waals surface area contributed by atoms with Crippen LogP contribution in [0.25, 0.3) is 0 Å². The van der Waals surface area contributed by atoms with Crippen LogP contribution < -0.4 is 15.8 Å². The first kappa shape index (κ1) is 15.6. The molecule has 0 fully saturated rings. The minimum Gasteiger partial charge on any atom is -0.484 e. The van der Waals surface area contributed by atoms with Crippen LogP contribution in [0, 0.1) is 6.92 Å². The van der Waals surface area contributed by atoms with Gasteiger partial charge in [0.15, 0.2) is 6.61 Å². The van der Waals surface area contributed by atoms with Gasteiger partial charge in [0.05, 0.1) is 5.56 Å². The van der Waals surface area contributed by atoms with E-state index in [-0.39, 0.29) is 12.5 Å². The molecule has 1 aromatic heterocycles. The van der Waals surface area contributed by atoms with E-state index in [9.17, 15) is 9.59 Å². The fraction of sp³-hybridized carbons (Fsp3) is 0.294. The quantitative estimate of drug-likeness (QED) is 0.884. The van der Waals surface area contributed by atoms with E-state index in [1.165, 1.54) is 11.3 Å². The fourth-order valence-corrected chi connectivity index (χ4v) is 4.01. The molecule has 5 nitrogen and oxygen atoms in total. The maximum absolute atomic E-state index is 12.1. The van der Waals surface area contributed by atoms with Gasteiger partial charge in [-0.1, -0.05) is 17.7 Å². The number of fused-ring (bicyclic) bond motifs is 1. The zero-order chi connectivity index (χ0) is 16.4. The van der Waals surface area contributed by atoms with E-state index in [2.05, 4.69) is 5.32 Å². The van der Waals surface area contributed by atoms with Crippen molar-refractivity contribution in [3.8, 4) is 5.75 Å². The smallest absolute Gasteiger partial charge is 0.262 e. The van der Waals surface area contributed by atoms with Gasteiger partial charge in [-0.25, -0.2) is 0 Å². The molecule has 0 saturated carbocycles. The summed E-state index contributed by atoms with van der Waals surface area (Å²) in [6.45, 7) is 1.88. The van der Waals surface area contributed by atoms with Gasteiger partial charge < -0.3 is 15.8 Å². The first-order valence-corrected chi connectivity index (χ1v) is 8.30. The largest absolute Gasteiger partial charge is 0.484 e. The zero-order valence-electron chi connectivity index (χ0n) is 12.8. The highest BCUT2D eigenvalue weighted by Crippen LogP contribution is 2.38. The lowest BCUT2D eigenvalue weighted by molar-refractivity contribution is -0.118. The summed E-state index contributed by atoms with van der Waals surface area (Å²) < 4.78 is 5.45. The minimum atomic E-state index is -0.487. The van der Waals surface area contributed by atoms with Gasteiger partial charge in [-0.15, -0.1) is 11.3 Å². The Hall–Kier alpha value is -2.34. The first-order chi connectivity index (χ1) is 11.0. The second-order valence-corrected chi connectivity index (χ2v) is 6.68. The van der Waals surface area contributed by atoms with Crippen LogP contribution in [0.15, 0.2) is 24.3 Å². The van der Waals surface area contributed by atoms with Crippen molar-refractivity contribution in [1.29, 1.82) is 0 Å². The molecule has 6 heteroatoms. The molecule has 0 saturated heterocycles. The predicted octanol–water partition coefficient (Wildman–Crippen LogP) is 2.66. The number of benzene rings is 1. The Morgan fingerprint density at radius 2 is 2.00 bits per heavy atom. The van der Waals surface area contributed by atoms with Crippen molar-refractivity contribution in [3.63, 3.8) is 0 Å². The Morgan fingerprint density at radius 1 is 1.26 bits per heavy atom. The molecular formula is C17H18N2O3S. The highest BCUT2D eigenvalue weighted by molar-refractivity contribution is 7.17. The number of hydrogen-bond acceptors (Lipinski definition) is 4. The third kappa shape index (κ3) is 3.37. The lowest BCUT2D eigenvalue weighted by Gasteiger charge is -2.08. The minimum absolute atomic E-state index is 0.107. The number of anilines is 1. The molecule has 0 bridgehead atoms. The third-order valence-corrected chi connectivity index (χ3v) is 5.02. The van der Waals surface area contributed by atoms with Crippen LogP contribution in [-0.4, -0.2) is 18.4 Å². The number of ether oxygens (including phenoxy) is 1. The number of carbonyl (C=O) groups is 2. The van der Waals surface area contributed by atoms with E-state index in [1.807, 2.05) is 31.2 Å². The van der Waals surface area contributed by atoms with E-state index in [0.717, 1.165) is 35.3 Å². The summed E-state index contributed by atoms with van der Waals surface area (Å²) in [6.07, 6.45) is 2.82. The van der Waals surface area contributed by atoms with E-state index >= 15 is 0 Å². The number of amides is 2. The first-order valence-electron chi connectivity index (χ1n) is 7.48. The van der Waals surface area contributed by atoms with Crippen LogP contribution in [0.5, 0.6) is 5.75 Å². The summed E-state index contributed by atoms with van der Waals surface area (Å²) in [7, 11) is 0. The summed E-state index contributed by atoms with van der Waals surface area (Å²) in [5.74, 6) is -0.151. The molecule has 1 aliphatic rings. The Kier molecular flexibility index (Phi) is 4.34. The number of hydrogen-bond donors (Lipinski definition) is 2. The summed E-state index contributed by atoms with van der Waals surface area (Å²) in [5, 5.41) is 3.30. The number of carbonyl (C=O) groups excluding carboxylic acids is 2. The van der Waals surface area contributed by atoms with Gasteiger partial charge in [0, 0.05) is 4.88 Å². The van der Waals surface area contributed by atoms with Gasteiger partial charge in [0.25, 0.3) is 11.8 Å². The van der Waals surface area contributed by atoms with Crippen LogP contribution in [0.3, 0.4) is 0 Å². The van der Waals surface area contributed by atoms with E-state index in [0.29, 0.717) is 16.3 Å². The van der Waals surface area contributed by atoms with Crippen molar-refractivity contribution >= 4 is 28.2 Å². The Balaban J connectivity index is 1.66. The lowest BCUT2D eigenvalue weighted by atomic mass is 10.1. The molecule has 0 spiro atoms. The normalized spacial score (nSPS) is 12.7. The number of rotatable bonds is 5. The zero-order valence-corrected chi connectivity index (χ0v) is 13.7. The van der Waals surface area contributed by atoms with Crippen molar-refractivity contribution < 1.29 is 14.3 Å². The molecule has 0 unspecified atom stereocenters. The third-order valence-electron chi connectivity index (χ3n) is 3.81. The monoisotopic (exact) mass is 330 g/mol. The Labute approximate surface area is 138 Å². The average molecular weight is 330 g/mol. The molecule has 1 heterocycles. The maximum atomic E-state index is 12.1. The van der Waals surface area contributed by atoms with Crippen molar-refractivity contribution in [2.24, 2.45) is 5.73 Å². The molecule has 0 atom stereocenters. The van der Waals surface area contributed by atoms with Gasteiger partial charge >= 0.3 is 0 Å². The Bertz CT molecular complexity index is 750. The van der Waals surface area contributed by atoms with Crippen LogP contribution >= 0.6 is 11.3 Å². The molecule has 0 radical (unpaired) electrons. The van der Waals surface area contributed by atoms with Crippen LogP contribution in [0.1, 0.15) is 32.8 Å². The fourth-order valence-electron chi connectivity index (χ4n) is 2.70. The number of primary amides is 1. The van der Waals surface area contributed by atoms with Crippen LogP contribution in [0.4, 0.5) is 5.00 Å². The van der Waals surface area contributed by atoms with Gasteiger partial charge in [-0.2, -0.15) is 0 Å². The summed E-state index contributed by atoms with van der Waals surface area (Å²) in [4.78, 5) is 24.9. The molecule has 0 aliphatic heterocycles. The van der Waals surface area contributed by atoms with Crippen molar-refractivity contribution in [2.75, 3.05) is 11.9 Å². The molecule has 120 valence electrons. The number of nitrogens with two attached hydrogens (primary N) is 1. The van der Waals surface area contributed by atoms with Gasteiger partial charge in [0.2, 0.25) is 0 Å². The van der Waals surface area contributed by atoms with Crippen molar-refractivity contribution in [1.82, 2.24) is 0 Å². The summed E-state index contributed by atoms with van der Waals surface area (Å²) in [5.41, 5.74) is 8.06. The second kappa shape index (κ2) is 6.42. The van der Waals surface area contributed by atoms with Crippen molar-refractivity contribution in [3.05, 3.63) is 45.8 Å². The van der Waals surface area contributed by atoms with Gasteiger partial charge in [-0.05, 0) is 43.9 Å². The van der Waals surface area contributed by atoms with E-state index in [1.54, 1.807) is 0 Å². The highest BCUT2D eigenvalue weighted by Gasteiger charge is 2.26. The standard InChI is InChI=1S/C17H18N2O3S/c1-10-5-7-11(8-6-10)22-9-14(20)19-17-15(16(18)21)12-3-2-4-13(12)23-17/h5-8H,2-4,9H2,1H3,(H2,18,21)(H,19,20). The van der Waals surface area contributed by atoms with E-state index < -0.39 is 5.91 Å². The number of aryl methyl sites for hydroxylation is 2. The summed E-state index contributed by atoms with van der Waals surface area (Å²) in [6, 6.07) is 7.47. The average Bonchev–Trinajstić information content (AvgIpc) is 3.06. The SMILES string of the molecule is Cc1ccc(OCC(=O)Nc2sc3c(c2C(N)=O)CCC3)cc1. The second-order valence-electron chi connectivity index (χ2n) is 5.58. The molecule has 2 amide bonds. The number of nitrogens with one attached hydrogen (secondary N) is 1. The molecule has 23 heavy (non-hydrogen) atoms. The van der Waals surface area contributed by atoms with Crippen LogP contribution in [0.2, 0.25) is 0 Å². The van der Waals surface area contributed by atoms with Crippen molar-refractivity contribution in [2.45, 2.75) is 26.2 Å². The molecule has 1 aromatic carbocycles. The van der Waals surface area contributed by atoms with Gasteiger partial charge in [0.1, 0.15) is 10.8 Å². The highest BCUT2D eigenvalue weighted by atomic mass is 32.1. The van der Waals surface area contributed by atoms with Crippen LogP contribution in [-0.2, 0) is 17.6 Å². The number of thiophene rings is 1. The maximum Gasteiger partial charge on any atom is 0.262 e. The van der Waals surface area contributed by atoms with E-state index in [4.69, 9.17) is 10.5 Å². The molecule has 3 N–H and O–H groups in total. The topological polar surface area (TPSA) is 81.4 Å². The molecule has 1 aliphatic carbocycles. The molecular weight excluding hydrogens is 312 g/mol. The lowest BCUT2D eigenvalue weighted by Crippen LogP contribution is -2.22. The molecule has 3 rings (SSSR count). The Morgan fingerprint density at radius 3 is 2.70 bits per heavy atom. The van der Waals surface area contributed by atoms with Gasteiger partial charge in [-0.3, -0.25) is 9.59 Å². The molecule has 2 aromatic rings. The predicted molar refractivity (Wildman–Crippen MR) is 90.2 cm³/mol.